The maximum Gasteiger partial charge on any atom is 0.0968 e. The van der Waals surface area contributed by atoms with Crippen molar-refractivity contribution in [2.24, 2.45) is 0 Å². The third-order valence-electron chi connectivity index (χ3n) is 3.65. The second-order valence-electron chi connectivity index (χ2n) is 4.80. The highest BCUT2D eigenvalue weighted by molar-refractivity contribution is 6.02. The Balaban J connectivity index is 2.02. The summed E-state index contributed by atoms with van der Waals surface area (Å²) in [5.41, 5.74) is 3.21. The van der Waals surface area contributed by atoms with Gasteiger partial charge in [-0.2, -0.15) is 0 Å². The minimum Gasteiger partial charge on any atom is -0.315 e. The smallest absolute Gasteiger partial charge is 0.0968 e. The van der Waals surface area contributed by atoms with E-state index in [4.69, 9.17) is 4.98 Å². The molecule has 0 bridgehead atoms. The van der Waals surface area contributed by atoms with Crippen LogP contribution in [0.1, 0.15) is 11.6 Å². The molecule has 1 aliphatic rings. The lowest BCUT2D eigenvalue weighted by Gasteiger charge is -2.26. The van der Waals surface area contributed by atoms with E-state index in [9.17, 15) is 0 Å². The zero-order valence-electron chi connectivity index (χ0n) is 9.93. The molecule has 2 aromatic heterocycles. The molecule has 0 spiro atoms. The summed E-state index contributed by atoms with van der Waals surface area (Å²) in [6.45, 7) is 2.08. The largest absolute Gasteiger partial charge is 0.315 e. The summed E-state index contributed by atoms with van der Waals surface area (Å²) >= 11 is 0. The van der Waals surface area contributed by atoms with Crippen LogP contribution in [0.2, 0.25) is 0 Å². The van der Waals surface area contributed by atoms with Crippen LogP contribution in [0, 0.1) is 0 Å². The van der Waals surface area contributed by atoms with Crippen LogP contribution in [0.4, 0.5) is 0 Å². The lowest BCUT2D eigenvalue weighted by atomic mass is 9.98. The van der Waals surface area contributed by atoms with Gasteiger partial charge in [0.15, 0.2) is 0 Å². The van der Waals surface area contributed by atoms with E-state index < -0.39 is 0 Å². The van der Waals surface area contributed by atoms with Crippen molar-refractivity contribution in [1.82, 2.24) is 15.3 Å². The summed E-state index contributed by atoms with van der Waals surface area (Å²) in [4.78, 5) is 9.30. The summed E-state index contributed by atoms with van der Waals surface area (Å²) < 4.78 is 0. The second kappa shape index (κ2) is 3.75. The van der Waals surface area contributed by atoms with E-state index >= 15 is 0 Å². The number of benzene rings is 1. The number of aromatic nitrogens is 2. The van der Waals surface area contributed by atoms with Crippen LogP contribution >= 0.6 is 0 Å². The fraction of sp³-hybridized carbons (Fsp3) is 0.200. The minimum absolute atomic E-state index is 0.563. The first-order chi connectivity index (χ1) is 8.92. The topological polar surface area (TPSA) is 37.8 Å². The molecule has 88 valence electrons. The first-order valence-electron chi connectivity index (χ1n) is 6.27. The van der Waals surface area contributed by atoms with Crippen molar-refractivity contribution < 1.29 is 0 Å². The quantitative estimate of drug-likeness (QED) is 0.658. The first-order valence-corrected chi connectivity index (χ1v) is 6.27. The van der Waals surface area contributed by atoms with Crippen molar-refractivity contribution in [2.75, 3.05) is 13.1 Å². The monoisotopic (exact) mass is 235 g/mol. The Labute approximate surface area is 105 Å². The lowest BCUT2D eigenvalue weighted by molar-refractivity contribution is 0.441. The zero-order valence-corrected chi connectivity index (χ0v) is 9.93. The number of hydrogen-bond acceptors (Lipinski definition) is 3. The van der Waals surface area contributed by atoms with Gasteiger partial charge in [-0.3, -0.25) is 9.97 Å². The van der Waals surface area contributed by atoms with Crippen LogP contribution in [0.5, 0.6) is 0 Å². The normalized spacial score (nSPS) is 16.0. The van der Waals surface area contributed by atoms with Crippen LogP contribution in [0.15, 0.2) is 42.6 Å². The number of pyridine rings is 2. The van der Waals surface area contributed by atoms with Gasteiger partial charge in [-0.15, -0.1) is 0 Å². The van der Waals surface area contributed by atoms with Crippen molar-refractivity contribution in [3.8, 4) is 0 Å². The van der Waals surface area contributed by atoms with Crippen LogP contribution in [-0.4, -0.2) is 23.1 Å². The second-order valence-corrected chi connectivity index (χ2v) is 4.80. The van der Waals surface area contributed by atoms with Crippen molar-refractivity contribution in [2.45, 2.75) is 5.92 Å². The third-order valence-corrected chi connectivity index (χ3v) is 3.65. The third kappa shape index (κ3) is 1.41. The Morgan fingerprint density at radius 1 is 0.944 bits per heavy atom. The maximum absolute atomic E-state index is 4.82. The van der Waals surface area contributed by atoms with Gasteiger partial charge in [-0.25, -0.2) is 0 Å². The van der Waals surface area contributed by atoms with E-state index in [1.807, 2.05) is 12.3 Å². The predicted octanol–water partition coefficient (Wildman–Crippen LogP) is 2.47. The molecule has 0 atom stereocenters. The fourth-order valence-corrected chi connectivity index (χ4v) is 2.46. The molecular weight excluding hydrogens is 222 g/mol. The Kier molecular flexibility index (Phi) is 2.08. The van der Waals surface area contributed by atoms with Gasteiger partial charge in [-0.1, -0.05) is 24.3 Å². The summed E-state index contributed by atoms with van der Waals surface area (Å²) in [6, 6.07) is 12.6. The molecule has 0 saturated carbocycles. The van der Waals surface area contributed by atoms with E-state index in [0.29, 0.717) is 5.92 Å². The molecule has 0 amide bonds. The number of hydrogen-bond donors (Lipinski definition) is 1. The van der Waals surface area contributed by atoms with E-state index in [0.717, 1.165) is 34.9 Å². The standard InChI is InChI=1S/C15H13N3/c1-2-10-3-4-11-5-6-13(12-8-16-9-12)18-15(11)14(10)17-7-1/h1-7,12,16H,8-9H2. The van der Waals surface area contributed by atoms with Crippen LogP contribution in [0.25, 0.3) is 21.8 Å². The molecule has 4 rings (SSSR count). The van der Waals surface area contributed by atoms with Gasteiger partial charge >= 0.3 is 0 Å². The van der Waals surface area contributed by atoms with Gasteiger partial charge in [0.1, 0.15) is 0 Å². The van der Waals surface area contributed by atoms with Gasteiger partial charge in [-0.05, 0) is 12.1 Å². The number of fused-ring (bicyclic) bond motifs is 3. The molecule has 18 heavy (non-hydrogen) atoms. The van der Waals surface area contributed by atoms with Crippen LogP contribution in [0.3, 0.4) is 0 Å². The lowest BCUT2D eigenvalue weighted by Crippen LogP contribution is -2.40. The first kappa shape index (κ1) is 9.97. The van der Waals surface area contributed by atoms with Crippen LogP contribution in [-0.2, 0) is 0 Å². The summed E-state index contributed by atoms with van der Waals surface area (Å²) in [5.74, 6) is 0.563. The summed E-state index contributed by atoms with van der Waals surface area (Å²) in [6.07, 6.45) is 1.83. The van der Waals surface area contributed by atoms with Crippen molar-refractivity contribution in [1.29, 1.82) is 0 Å². The van der Waals surface area contributed by atoms with Gasteiger partial charge in [0.05, 0.1) is 11.0 Å². The molecule has 1 fully saturated rings. The average Bonchev–Trinajstić information content (AvgIpc) is 2.36. The van der Waals surface area contributed by atoms with E-state index in [1.54, 1.807) is 0 Å². The maximum atomic E-state index is 4.82. The molecule has 1 saturated heterocycles. The van der Waals surface area contributed by atoms with E-state index in [1.165, 1.54) is 5.69 Å². The molecule has 1 aliphatic heterocycles. The van der Waals surface area contributed by atoms with Crippen molar-refractivity contribution in [3.05, 3.63) is 48.3 Å². The number of nitrogens with zero attached hydrogens (tertiary/aromatic N) is 2. The Morgan fingerprint density at radius 3 is 2.50 bits per heavy atom. The van der Waals surface area contributed by atoms with Gasteiger partial charge in [0, 0.05) is 41.7 Å². The van der Waals surface area contributed by atoms with Gasteiger partial charge in [0.2, 0.25) is 0 Å². The molecule has 3 heteroatoms. The van der Waals surface area contributed by atoms with Crippen LogP contribution < -0.4 is 5.32 Å². The predicted molar refractivity (Wildman–Crippen MR) is 72.7 cm³/mol. The van der Waals surface area contributed by atoms with E-state index in [2.05, 4.69) is 40.6 Å². The summed E-state index contributed by atoms with van der Waals surface area (Å²) in [5, 5.41) is 5.61. The Hall–Kier alpha value is -2.00. The molecule has 3 aromatic rings. The van der Waals surface area contributed by atoms with Gasteiger partial charge < -0.3 is 5.32 Å². The molecule has 0 aliphatic carbocycles. The zero-order chi connectivity index (χ0) is 11.9. The summed E-state index contributed by atoms with van der Waals surface area (Å²) in [7, 11) is 0. The molecule has 0 radical (unpaired) electrons. The molecule has 0 unspecified atom stereocenters. The van der Waals surface area contributed by atoms with E-state index in [-0.39, 0.29) is 0 Å². The highest BCUT2D eigenvalue weighted by Gasteiger charge is 2.20. The molecule has 3 heterocycles. The molecule has 3 nitrogen and oxygen atoms in total. The van der Waals surface area contributed by atoms with Crippen molar-refractivity contribution in [3.63, 3.8) is 0 Å². The minimum atomic E-state index is 0.563. The average molecular weight is 235 g/mol. The number of nitrogens with one attached hydrogen (secondary N) is 1. The highest BCUT2D eigenvalue weighted by atomic mass is 15.0. The SMILES string of the molecule is c1cnc2c(c1)ccc1ccc(C3CNC3)nc12. The molecule has 1 N–H and O–H groups in total. The number of rotatable bonds is 1. The molecule has 1 aromatic carbocycles. The fourth-order valence-electron chi connectivity index (χ4n) is 2.46. The Morgan fingerprint density at radius 2 is 1.72 bits per heavy atom. The molecular formula is C15H13N3. The Bertz CT molecular complexity index is 732. The van der Waals surface area contributed by atoms with Crippen molar-refractivity contribution >= 4 is 21.8 Å². The highest BCUT2D eigenvalue weighted by Crippen LogP contribution is 2.25. The van der Waals surface area contributed by atoms with Gasteiger partial charge in [0.25, 0.3) is 0 Å².